The molecule has 0 saturated heterocycles. The van der Waals surface area contributed by atoms with E-state index in [1.807, 2.05) is 0 Å². The summed E-state index contributed by atoms with van der Waals surface area (Å²) >= 11 is 0. The zero-order valence-corrected chi connectivity index (χ0v) is 7.07. The summed E-state index contributed by atoms with van der Waals surface area (Å²) < 4.78 is 22.0. The maximum absolute atomic E-state index is 10.8. The highest BCUT2D eigenvalue weighted by molar-refractivity contribution is 5.98. The number of rotatable bonds is 3. The van der Waals surface area contributed by atoms with Crippen LogP contribution in [0.15, 0.2) is 18.1 Å². The van der Waals surface area contributed by atoms with Crippen molar-refractivity contribution in [2.75, 3.05) is 0 Å². The molecule has 0 amide bonds. The van der Waals surface area contributed by atoms with E-state index in [0.29, 0.717) is 0 Å². The molecule has 0 unspecified atom stereocenters. The Labute approximate surface area is 87.6 Å². The van der Waals surface area contributed by atoms with E-state index in [9.17, 15) is 14.4 Å². The Balaban J connectivity index is 3.94. The van der Waals surface area contributed by atoms with Gasteiger partial charge in [-0.1, -0.05) is 0 Å². The predicted molar refractivity (Wildman–Crippen MR) is 47.3 cm³/mol. The van der Waals surface area contributed by atoms with Crippen molar-refractivity contribution in [1.29, 1.82) is 0 Å². The third-order valence-corrected chi connectivity index (χ3v) is 1.39. The van der Waals surface area contributed by atoms with E-state index >= 15 is 0 Å². The predicted octanol–water partition coefficient (Wildman–Crippen LogP) is 0.781. The molecule has 0 atom stereocenters. The Morgan fingerprint density at radius 1 is 0.800 bits per heavy atom. The second-order valence-corrected chi connectivity index (χ2v) is 2.42. The second-order valence-electron chi connectivity index (χ2n) is 2.42. The Bertz CT molecular complexity index is 478. The van der Waals surface area contributed by atoms with Crippen LogP contribution in [-0.4, -0.2) is 33.2 Å². The molecule has 0 spiro atoms. The van der Waals surface area contributed by atoms with Crippen LogP contribution in [0.5, 0.6) is 0 Å². The van der Waals surface area contributed by atoms with Gasteiger partial charge in [-0.15, -0.1) is 0 Å². The highest BCUT2D eigenvalue weighted by Gasteiger charge is 2.14. The third kappa shape index (κ3) is 2.31. The summed E-state index contributed by atoms with van der Waals surface area (Å²) in [5.41, 5.74) is -3.16. The first-order chi connectivity index (χ1) is 8.20. The van der Waals surface area contributed by atoms with Crippen LogP contribution >= 0.6 is 0 Å². The van der Waals surface area contributed by atoms with Gasteiger partial charge >= 0.3 is 17.9 Å². The number of carboxylic acids is 3. The summed E-state index contributed by atoms with van der Waals surface area (Å²) in [5.74, 6) is -5.39. The van der Waals surface area contributed by atoms with Crippen LogP contribution in [0.2, 0.25) is 0 Å². The molecule has 6 nitrogen and oxygen atoms in total. The Morgan fingerprint density at radius 3 is 1.13 bits per heavy atom. The Hall–Kier alpha value is -2.37. The van der Waals surface area contributed by atoms with Crippen molar-refractivity contribution in [3.63, 3.8) is 0 Å². The number of aromatic carboxylic acids is 3. The van der Waals surface area contributed by atoms with E-state index in [-0.39, 0.29) is 0 Å². The minimum Gasteiger partial charge on any atom is -0.478 e. The van der Waals surface area contributed by atoms with E-state index in [4.69, 9.17) is 19.4 Å². The number of carbonyl (C=O) groups is 3. The maximum Gasteiger partial charge on any atom is 0.335 e. The van der Waals surface area contributed by atoms with Gasteiger partial charge in [0.2, 0.25) is 0 Å². The average molecular weight is 213 g/mol. The molecule has 3 N–H and O–H groups in total. The third-order valence-electron chi connectivity index (χ3n) is 1.39. The van der Waals surface area contributed by atoms with Gasteiger partial charge in [0.25, 0.3) is 0 Å². The molecule has 1 aromatic rings. The van der Waals surface area contributed by atoms with E-state index in [1.54, 1.807) is 0 Å². The van der Waals surface area contributed by atoms with Gasteiger partial charge < -0.3 is 15.3 Å². The minimum absolute atomic E-state index is 1.05. The van der Waals surface area contributed by atoms with Crippen LogP contribution in [-0.2, 0) is 0 Å². The van der Waals surface area contributed by atoms with Gasteiger partial charge in [0.1, 0.15) is 0 Å². The van der Waals surface area contributed by atoms with Gasteiger partial charge in [0.15, 0.2) is 0 Å². The van der Waals surface area contributed by atoms with E-state index in [0.717, 1.165) is 0 Å². The van der Waals surface area contributed by atoms with Crippen molar-refractivity contribution in [1.82, 2.24) is 0 Å². The molecular formula is C9H6O6. The fourth-order valence-electron chi connectivity index (χ4n) is 0.790. The van der Waals surface area contributed by atoms with E-state index < -0.39 is 52.7 Å². The minimum atomic E-state index is -1.80. The number of hydrogen-bond acceptors (Lipinski definition) is 3. The highest BCUT2D eigenvalue weighted by atomic mass is 16.4. The molecule has 0 aliphatic carbocycles. The van der Waals surface area contributed by atoms with Crippen LogP contribution in [0.25, 0.3) is 0 Å². The zero-order valence-electron chi connectivity index (χ0n) is 10.1. The van der Waals surface area contributed by atoms with Crippen molar-refractivity contribution < 1.29 is 33.8 Å². The maximum atomic E-state index is 10.8. The summed E-state index contributed by atoms with van der Waals surface area (Å²) in [6, 6.07) is -3.18. The molecule has 0 aromatic heterocycles. The summed E-state index contributed by atoms with van der Waals surface area (Å²) in [4.78, 5) is 32.4. The van der Waals surface area contributed by atoms with Crippen LogP contribution in [0.4, 0.5) is 0 Å². The van der Waals surface area contributed by atoms with E-state index in [2.05, 4.69) is 0 Å². The largest absolute Gasteiger partial charge is 0.478 e. The SMILES string of the molecule is [2H]c1c(C(=O)O)c([2H])c(C(=O)O)c([2H])c1C(=O)O. The summed E-state index contributed by atoms with van der Waals surface area (Å²) in [5, 5.41) is 26.3. The molecule has 0 saturated carbocycles. The highest BCUT2D eigenvalue weighted by Crippen LogP contribution is 2.11. The van der Waals surface area contributed by atoms with Gasteiger partial charge in [-0.2, -0.15) is 0 Å². The van der Waals surface area contributed by atoms with Gasteiger partial charge in [-0.05, 0) is 18.1 Å². The Kier molecular flexibility index (Phi) is 1.77. The number of benzene rings is 1. The number of hydrogen-bond donors (Lipinski definition) is 3. The molecule has 0 bridgehead atoms. The molecule has 0 heterocycles. The van der Waals surface area contributed by atoms with Gasteiger partial charge in [-0.3, -0.25) is 0 Å². The molecule has 0 aliphatic heterocycles. The molecule has 0 aliphatic rings. The smallest absolute Gasteiger partial charge is 0.335 e. The first-order valence-electron chi connectivity index (χ1n) is 5.03. The average Bonchev–Trinajstić information content (AvgIpc) is 2.14. The molecule has 1 rings (SSSR count). The van der Waals surface area contributed by atoms with Gasteiger partial charge in [0, 0.05) is 0 Å². The lowest BCUT2D eigenvalue weighted by atomic mass is 10.1. The van der Waals surface area contributed by atoms with Crippen LogP contribution in [0.3, 0.4) is 0 Å². The van der Waals surface area contributed by atoms with Crippen molar-refractivity contribution >= 4 is 17.9 Å². The first kappa shape index (κ1) is 6.99. The summed E-state index contributed by atoms with van der Waals surface area (Å²) in [6.07, 6.45) is 0. The molecule has 1 aromatic carbocycles. The molecule has 15 heavy (non-hydrogen) atoms. The second kappa shape index (κ2) is 3.79. The van der Waals surface area contributed by atoms with Crippen molar-refractivity contribution in [2.45, 2.75) is 0 Å². The van der Waals surface area contributed by atoms with Crippen molar-refractivity contribution in [2.24, 2.45) is 0 Å². The lowest BCUT2D eigenvalue weighted by Gasteiger charge is -2.00. The standard InChI is InChI=1S/C9H6O6/c10-7(11)4-1-5(8(12)13)3-6(2-4)9(14)15/h1-3H,(H,10,11)(H,12,13)(H,14,15)/i1D,2D,3D. The van der Waals surface area contributed by atoms with Crippen LogP contribution in [0.1, 0.15) is 35.2 Å². The Morgan fingerprint density at radius 2 is 1.00 bits per heavy atom. The molecule has 0 radical (unpaired) electrons. The molecule has 0 fully saturated rings. The molecule has 6 heteroatoms. The quantitative estimate of drug-likeness (QED) is 0.683. The lowest BCUT2D eigenvalue weighted by molar-refractivity contribution is 0.0696. The number of carboxylic acid groups (broad SMARTS) is 3. The lowest BCUT2D eigenvalue weighted by Crippen LogP contribution is -2.07. The van der Waals surface area contributed by atoms with Crippen molar-refractivity contribution in [3.8, 4) is 0 Å². The molecule has 78 valence electrons. The van der Waals surface area contributed by atoms with E-state index in [1.165, 1.54) is 0 Å². The van der Waals surface area contributed by atoms with Gasteiger partial charge in [0.05, 0.1) is 20.8 Å². The summed E-state index contributed by atoms with van der Waals surface area (Å²) in [6.45, 7) is 0. The fourth-order valence-corrected chi connectivity index (χ4v) is 0.790. The molecular weight excluding hydrogens is 204 g/mol. The topological polar surface area (TPSA) is 112 Å². The fraction of sp³-hybridized carbons (Fsp3) is 0. The van der Waals surface area contributed by atoms with Gasteiger partial charge in [-0.25, -0.2) is 14.4 Å². The van der Waals surface area contributed by atoms with Crippen molar-refractivity contribution in [3.05, 3.63) is 34.8 Å². The summed E-state index contributed by atoms with van der Waals surface area (Å²) in [7, 11) is 0. The first-order valence-corrected chi connectivity index (χ1v) is 3.53. The zero-order chi connectivity index (χ0) is 14.2. The monoisotopic (exact) mass is 213 g/mol. The normalized spacial score (nSPS) is 12.4. The van der Waals surface area contributed by atoms with Crippen LogP contribution < -0.4 is 0 Å². The van der Waals surface area contributed by atoms with Crippen LogP contribution in [0, 0.1) is 0 Å².